The fourth-order valence-electron chi connectivity index (χ4n) is 3.45. The molecule has 0 radical (unpaired) electrons. The Labute approximate surface area is 176 Å². The van der Waals surface area contributed by atoms with Crippen molar-refractivity contribution >= 4 is 50.9 Å². The Hall–Kier alpha value is -3.45. The third-order valence-corrected chi connectivity index (χ3v) is 5.78. The second kappa shape index (κ2) is 7.42. The van der Waals surface area contributed by atoms with Crippen LogP contribution in [0.25, 0.3) is 27.6 Å². The molecule has 1 N–H and O–H groups in total. The number of hydrogen-bond donors (Lipinski definition) is 1. The monoisotopic (exact) mass is 416 g/mol. The molecule has 7 heteroatoms. The number of anilines is 1. The molecule has 2 heterocycles. The maximum absolute atomic E-state index is 14.0. The third kappa shape index (κ3) is 3.27. The first-order chi connectivity index (χ1) is 14.6. The Morgan fingerprint density at radius 1 is 1.03 bits per heavy atom. The number of nitrogens with one attached hydrogen (secondary N) is 1. The van der Waals surface area contributed by atoms with Gasteiger partial charge in [-0.25, -0.2) is 14.4 Å². The van der Waals surface area contributed by atoms with E-state index in [1.807, 2.05) is 52.9 Å². The van der Waals surface area contributed by atoms with Crippen molar-refractivity contribution < 1.29 is 9.18 Å². The van der Waals surface area contributed by atoms with E-state index in [4.69, 9.17) is 9.97 Å². The first-order valence-corrected chi connectivity index (χ1v) is 10.4. The van der Waals surface area contributed by atoms with Crippen molar-refractivity contribution in [1.82, 2.24) is 14.4 Å². The number of carbonyl (C=O) groups is 1. The van der Waals surface area contributed by atoms with Crippen molar-refractivity contribution in [3.8, 4) is 0 Å². The van der Waals surface area contributed by atoms with Gasteiger partial charge >= 0.3 is 0 Å². The molecule has 0 saturated heterocycles. The molecule has 5 rings (SSSR count). The summed E-state index contributed by atoms with van der Waals surface area (Å²) >= 11 is 1.30. The van der Waals surface area contributed by atoms with E-state index in [2.05, 4.69) is 5.32 Å². The summed E-state index contributed by atoms with van der Waals surface area (Å²) in [6, 6.07) is 20.4. The summed E-state index contributed by atoms with van der Waals surface area (Å²) in [5.74, 6) is -0.643. The van der Waals surface area contributed by atoms with E-state index in [9.17, 15) is 9.18 Å². The zero-order valence-electron chi connectivity index (χ0n) is 16.1. The van der Waals surface area contributed by atoms with E-state index in [-0.39, 0.29) is 17.3 Å². The average molecular weight is 416 g/mol. The minimum absolute atomic E-state index is 0.0975. The van der Waals surface area contributed by atoms with Crippen LogP contribution in [0.4, 0.5) is 10.1 Å². The first kappa shape index (κ1) is 18.6. The molecule has 0 aliphatic rings. The van der Waals surface area contributed by atoms with Gasteiger partial charge in [0.2, 0.25) is 5.91 Å². The number of benzene rings is 3. The highest BCUT2D eigenvalue weighted by Gasteiger charge is 2.15. The number of para-hydroxylation sites is 3. The largest absolute Gasteiger partial charge is 0.323 e. The number of thioether (sulfide) groups is 1. The van der Waals surface area contributed by atoms with Gasteiger partial charge < -0.3 is 5.32 Å². The second-order valence-corrected chi connectivity index (χ2v) is 7.93. The molecule has 0 fully saturated rings. The molecule has 2 aromatic heterocycles. The number of carbonyl (C=O) groups excluding carboxylic acids is 1. The van der Waals surface area contributed by atoms with E-state index in [0.29, 0.717) is 5.16 Å². The Kier molecular flexibility index (Phi) is 4.59. The van der Waals surface area contributed by atoms with E-state index in [1.165, 1.54) is 17.8 Å². The van der Waals surface area contributed by atoms with Crippen LogP contribution in [0.5, 0.6) is 0 Å². The normalized spacial score (nSPS) is 11.4. The van der Waals surface area contributed by atoms with Gasteiger partial charge in [0.15, 0.2) is 5.16 Å². The smallest absolute Gasteiger partial charge is 0.234 e. The standard InChI is InChI=1S/C23H17FN4OS/c1-14-10-11-18(16(24)12-14)25-21(29)13-30-23-27-17-7-3-2-6-15(17)22-26-19-8-4-5-9-20(19)28(22)23/h2-12H,13H2,1H3,(H,25,29). The maximum Gasteiger partial charge on any atom is 0.234 e. The molecule has 148 valence electrons. The lowest BCUT2D eigenvalue weighted by Crippen LogP contribution is -2.15. The predicted molar refractivity (Wildman–Crippen MR) is 118 cm³/mol. The predicted octanol–water partition coefficient (Wildman–Crippen LogP) is 5.21. The molecule has 30 heavy (non-hydrogen) atoms. The van der Waals surface area contributed by atoms with E-state index >= 15 is 0 Å². The van der Waals surface area contributed by atoms with Crippen LogP contribution in [0.15, 0.2) is 71.9 Å². The van der Waals surface area contributed by atoms with Gasteiger partial charge in [-0.2, -0.15) is 0 Å². The first-order valence-electron chi connectivity index (χ1n) is 9.45. The Balaban J connectivity index is 1.51. The Morgan fingerprint density at radius 3 is 2.63 bits per heavy atom. The number of nitrogens with zero attached hydrogens (tertiary/aromatic N) is 3. The van der Waals surface area contributed by atoms with Crippen LogP contribution >= 0.6 is 11.8 Å². The van der Waals surface area contributed by atoms with Crippen molar-refractivity contribution in [2.45, 2.75) is 12.1 Å². The van der Waals surface area contributed by atoms with Crippen molar-refractivity contribution in [3.05, 3.63) is 78.1 Å². The fraction of sp³-hybridized carbons (Fsp3) is 0.0870. The number of rotatable bonds is 4. The van der Waals surface area contributed by atoms with Crippen molar-refractivity contribution in [2.75, 3.05) is 11.1 Å². The molecule has 0 aliphatic carbocycles. The quantitative estimate of drug-likeness (QED) is 0.323. The van der Waals surface area contributed by atoms with E-state index in [0.717, 1.165) is 33.1 Å². The third-order valence-electron chi connectivity index (χ3n) is 4.84. The number of amides is 1. The van der Waals surface area contributed by atoms with Crippen molar-refractivity contribution in [1.29, 1.82) is 0 Å². The maximum atomic E-state index is 14.0. The van der Waals surface area contributed by atoms with Gasteiger partial charge in [0.25, 0.3) is 0 Å². The van der Waals surface area contributed by atoms with Gasteiger partial charge in [0.1, 0.15) is 11.5 Å². The molecule has 3 aromatic carbocycles. The topological polar surface area (TPSA) is 59.3 Å². The highest BCUT2D eigenvalue weighted by atomic mass is 32.2. The Bertz CT molecular complexity index is 1430. The summed E-state index contributed by atoms with van der Waals surface area (Å²) in [5, 5.41) is 4.25. The van der Waals surface area contributed by atoms with Crippen LogP contribution in [-0.2, 0) is 4.79 Å². The van der Waals surface area contributed by atoms with Gasteiger partial charge in [-0.3, -0.25) is 9.20 Å². The molecule has 0 bridgehead atoms. The molecule has 0 spiro atoms. The highest BCUT2D eigenvalue weighted by Crippen LogP contribution is 2.29. The lowest BCUT2D eigenvalue weighted by molar-refractivity contribution is -0.113. The van der Waals surface area contributed by atoms with Crippen LogP contribution in [0.3, 0.4) is 0 Å². The minimum atomic E-state index is -0.444. The lowest BCUT2D eigenvalue weighted by atomic mass is 10.2. The van der Waals surface area contributed by atoms with Crippen molar-refractivity contribution in [3.63, 3.8) is 0 Å². The van der Waals surface area contributed by atoms with Gasteiger partial charge in [-0.05, 0) is 48.9 Å². The Morgan fingerprint density at radius 2 is 1.80 bits per heavy atom. The van der Waals surface area contributed by atoms with Gasteiger partial charge in [-0.15, -0.1) is 0 Å². The van der Waals surface area contributed by atoms with Crippen LogP contribution < -0.4 is 5.32 Å². The fourth-order valence-corrected chi connectivity index (χ4v) is 4.26. The summed E-state index contributed by atoms with van der Waals surface area (Å²) in [6.07, 6.45) is 0. The van der Waals surface area contributed by atoms with Gasteiger partial charge in [0.05, 0.1) is 28.0 Å². The molecule has 5 aromatic rings. The van der Waals surface area contributed by atoms with Gasteiger partial charge in [-0.1, -0.05) is 42.1 Å². The second-order valence-electron chi connectivity index (χ2n) is 6.99. The van der Waals surface area contributed by atoms with Gasteiger partial charge in [0, 0.05) is 5.39 Å². The zero-order valence-corrected chi connectivity index (χ0v) is 16.9. The molecular weight excluding hydrogens is 399 g/mol. The SMILES string of the molecule is Cc1ccc(NC(=O)CSc2nc3ccccc3c3nc4ccccc4n23)c(F)c1. The van der Waals surface area contributed by atoms with E-state index in [1.54, 1.807) is 19.1 Å². The summed E-state index contributed by atoms with van der Waals surface area (Å²) in [6.45, 7) is 1.80. The zero-order chi connectivity index (χ0) is 20.7. The van der Waals surface area contributed by atoms with Crippen molar-refractivity contribution in [2.24, 2.45) is 0 Å². The number of aryl methyl sites for hydroxylation is 1. The summed E-state index contributed by atoms with van der Waals surface area (Å²) in [5.41, 5.74) is 4.38. The molecule has 0 unspecified atom stereocenters. The minimum Gasteiger partial charge on any atom is -0.323 e. The molecule has 0 saturated carbocycles. The molecule has 5 nitrogen and oxygen atoms in total. The molecular formula is C23H17FN4OS. The number of imidazole rings is 1. The molecule has 1 amide bonds. The number of halogens is 1. The number of hydrogen-bond acceptors (Lipinski definition) is 4. The number of fused-ring (bicyclic) bond motifs is 5. The molecule has 0 atom stereocenters. The van der Waals surface area contributed by atoms with Crippen LogP contribution in [0.2, 0.25) is 0 Å². The van der Waals surface area contributed by atoms with E-state index < -0.39 is 5.82 Å². The average Bonchev–Trinajstić information content (AvgIpc) is 3.14. The van der Waals surface area contributed by atoms with Crippen LogP contribution in [0.1, 0.15) is 5.56 Å². The summed E-state index contributed by atoms with van der Waals surface area (Å²) in [7, 11) is 0. The summed E-state index contributed by atoms with van der Waals surface area (Å²) in [4.78, 5) is 22.0. The number of aromatic nitrogens is 3. The lowest BCUT2D eigenvalue weighted by Gasteiger charge is -2.09. The highest BCUT2D eigenvalue weighted by molar-refractivity contribution is 7.99. The summed E-state index contributed by atoms with van der Waals surface area (Å²) < 4.78 is 16.0. The van der Waals surface area contributed by atoms with Crippen LogP contribution in [-0.4, -0.2) is 26.0 Å². The molecule has 0 aliphatic heterocycles. The van der Waals surface area contributed by atoms with Crippen LogP contribution in [0, 0.1) is 12.7 Å².